The third-order valence-corrected chi connectivity index (χ3v) is 15.5. The van der Waals surface area contributed by atoms with Crippen LogP contribution in [-0.2, 0) is 9.59 Å². The molecule has 3 heterocycles. The zero-order valence-electron chi connectivity index (χ0n) is 42.4. The van der Waals surface area contributed by atoms with Gasteiger partial charge < -0.3 is 35.1 Å². The summed E-state index contributed by atoms with van der Waals surface area (Å²) >= 11 is 5.01. The molecule has 7 rings (SSSR count). The van der Waals surface area contributed by atoms with Crippen LogP contribution in [0.5, 0.6) is 17.2 Å². The first-order valence-corrected chi connectivity index (χ1v) is 27.7. The van der Waals surface area contributed by atoms with E-state index < -0.39 is 12.1 Å². The fraction of sp³-hybridized carbons (Fsp3) is 0.536. The van der Waals surface area contributed by atoms with E-state index in [0.29, 0.717) is 54.1 Å². The number of methoxy groups -OCH3 is 1. The Balaban J connectivity index is 0.770. The minimum atomic E-state index is -0.559. The number of hydrogen-bond donors (Lipinski definition) is 3. The summed E-state index contributed by atoms with van der Waals surface area (Å²) in [6.45, 7) is 7.68. The third kappa shape index (κ3) is 15.0. The monoisotopic (exact) mass is 1050 g/mol. The number of unbranched alkanes of at least 4 members (excludes halogenated alkanes) is 9. The van der Waals surface area contributed by atoms with Crippen molar-refractivity contribution in [2.24, 2.45) is 5.92 Å². The van der Waals surface area contributed by atoms with Crippen molar-refractivity contribution >= 4 is 61.6 Å². The average Bonchev–Trinajstić information content (AvgIpc) is 4.09. The van der Waals surface area contributed by atoms with Crippen LogP contribution in [0.15, 0.2) is 70.5 Å². The zero-order chi connectivity index (χ0) is 50.1. The van der Waals surface area contributed by atoms with Gasteiger partial charge in [-0.2, -0.15) is 0 Å². The summed E-state index contributed by atoms with van der Waals surface area (Å²) in [6, 6.07) is 18.4. The fourth-order valence-electron chi connectivity index (χ4n) is 9.83. The molecule has 71 heavy (non-hydrogen) atoms. The molecule has 0 radical (unpaired) electrons. The van der Waals surface area contributed by atoms with Gasteiger partial charge in [0.05, 0.1) is 44.0 Å². The zero-order valence-corrected chi connectivity index (χ0v) is 44.8. The van der Waals surface area contributed by atoms with E-state index in [4.69, 9.17) is 29.2 Å². The first-order valence-electron chi connectivity index (χ1n) is 26.0. The van der Waals surface area contributed by atoms with Gasteiger partial charge in [0.25, 0.3) is 0 Å². The van der Waals surface area contributed by atoms with Gasteiger partial charge in [0.2, 0.25) is 17.6 Å². The molecule has 0 bridgehead atoms. The lowest BCUT2D eigenvalue weighted by molar-refractivity contribution is -0.139. The second kappa shape index (κ2) is 27.1. The maximum atomic E-state index is 14.2. The smallest absolute Gasteiger partial charge is 0.246 e. The number of amides is 2. The number of hydrogen-bond acceptors (Lipinski definition) is 12. The molecule has 382 valence electrons. The van der Waals surface area contributed by atoms with Crippen LogP contribution in [-0.4, -0.2) is 83.4 Å². The molecule has 2 fully saturated rings. The van der Waals surface area contributed by atoms with Crippen LogP contribution < -0.4 is 30.2 Å². The van der Waals surface area contributed by atoms with Crippen molar-refractivity contribution in [3.8, 4) is 17.2 Å². The highest BCUT2D eigenvalue weighted by Crippen LogP contribution is 2.38. The number of likely N-dealkylation sites (N-methyl/N-ethyl adjacent to an activating group) is 1. The Morgan fingerprint density at radius 2 is 1.51 bits per heavy atom. The van der Waals surface area contributed by atoms with E-state index in [2.05, 4.69) is 50.9 Å². The number of ketones is 1. The summed E-state index contributed by atoms with van der Waals surface area (Å²) < 4.78 is 19.1. The third-order valence-electron chi connectivity index (χ3n) is 14.0. The molecular formula is C56H74BrN7O6S. The van der Waals surface area contributed by atoms with Crippen LogP contribution in [0.3, 0.4) is 0 Å². The van der Waals surface area contributed by atoms with E-state index in [0.717, 1.165) is 102 Å². The minimum Gasteiger partial charge on any atom is -0.494 e. The predicted molar refractivity (Wildman–Crippen MR) is 287 cm³/mol. The van der Waals surface area contributed by atoms with Gasteiger partial charge in [0, 0.05) is 33.4 Å². The van der Waals surface area contributed by atoms with Gasteiger partial charge in [-0.1, -0.05) is 111 Å². The quantitative estimate of drug-likeness (QED) is 0.0340. The number of anilines is 1. The standard InChI is InChI=1S/C56H74BrN7O6S/c1-37(41-24-19-26-43(57)32-41)59-53-45-34-49(68-5)50(35-46(45)60-39(3)61-53)70-31-18-13-11-9-7-6-8-10-12-17-30-69-44-27-20-25-42(33-44)52(65)47-36-71-55(62-47)48-28-21-29-64(48)56(67)51(40-22-15-14-16-23-40)63-54(66)38(2)58-4/h19-20,24-27,32-38,40,48,51,58H,6-18,21-23,28-31H2,1-5H3,(H,63,66)(H,59,60,61)/t37-,38+,48+,51+/m1/s1. The van der Waals surface area contributed by atoms with Crippen molar-refractivity contribution in [1.29, 1.82) is 0 Å². The normalized spacial score (nSPS) is 16.4. The number of nitrogens with zero attached hydrogens (tertiary/aromatic N) is 4. The lowest BCUT2D eigenvalue weighted by Gasteiger charge is -2.35. The molecule has 2 amide bonds. The van der Waals surface area contributed by atoms with Gasteiger partial charge >= 0.3 is 0 Å². The lowest BCUT2D eigenvalue weighted by Crippen LogP contribution is -2.55. The Morgan fingerprint density at radius 1 is 0.803 bits per heavy atom. The number of nitrogens with one attached hydrogen (secondary N) is 3. The molecule has 0 unspecified atom stereocenters. The van der Waals surface area contributed by atoms with Crippen LogP contribution in [0.1, 0.15) is 168 Å². The molecule has 2 aromatic heterocycles. The summed E-state index contributed by atoms with van der Waals surface area (Å²) in [5.74, 6) is 3.27. The second-order valence-electron chi connectivity index (χ2n) is 19.3. The Labute approximate surface area is 433 Å². The molecule has 13 nitrogen and oxygen atoms in total. The highest BCUT2D eigenvalue weighted by Gasteiger charge is 2.40. The van der Waals surface area contributed by atoms with Gasteiger partial charge in [-0.25, -0.2) is 15.0 Å². The summed E-state index contributed by atoms with van der Waals surface area (Å²) in [7, 11) is 3.42. The number of thiazole rings is 1. The topological polar surface area (TPSA) is 157 Å². The van der Waals surface area contributed by atoms with Gasteiger partial charge in [0.15, 0.2) is 11.5 Å². The molecule has 5 aromatic rings. The van der Waals surface area contributed by atoms with Crippen LogP contribution >= 0.6 is 27.3 Å². The molecule has 1 aliphatic carbocycles. The highest BCUT2D eigenvalue weighted by atomic mass is 79.9. The van der Waals surface area contributed by atoms with Gasteiger partial charge in [-0.15, -0.1) is 11.3 Å². The number of aryl methyl sites for hydroxylation is 1. The summed E-state index contributed by atoms with van der Waals surface area (Å²) in [4.78, 5) is 57.0. The SMILES string of the molecule is CN[C@@H](C)C(=O)N[C@H](C(=O)N1CCC[C@H]1c1nc(C(=O)c2cccc(OCCCCCCCCCCCCOc3cc4nc(C)nc(N[C@H](C)c5cccc(Br)c5)c4cc3OC)c2)cs1)C1CCCCC1. The van der Waals surface area contributed by atoms with E-state index in [1.54, 1.807) is 31.7 Å². The largest absolute Gasteiger partial charge is 0.494 e. The lowest BCUT2D eigenvalue weighted by atomic mass is 9.83. The maximum absolute atomic E-state index is 14.2. The number of halogens is 1. The van der Waals surface area contributed by atoms with Gasteiger partial charge in [-0.05, 0) is 108 Å². The Kier molecular flexibility index (Phi) is 20.5. The number of aromatic nitrogens is 3. The molecule has 4 atom stereocenters. The molecule has 1 saturated heterocycles. The highest BCUT2D eigenvalue weighted by molar-refractivity contribution is 9.10. The number of ether oxygens (including phenoxy) is 3. The van der Waals surface area contributed by atoms with E-state index in [1.807, 2.05) is 55.1 Å². The summed E-state index contributed by atoms with van der Waals surface area (Å²) in [5, 5.41) is 13.1. The van der Waals surface area contributed by atoms with Crippen molar-refractivity contribution in [3.05, 3.63) is 98.2 Å². The maximum Gasteiger partial charge on any atom is 0.246 e. The number of fused-ring (bicyclic) bond motifs is 1. The van der Waals surface area contributed by atoms with E-state index >= 15 is 0 Å². The molecule has 15 heteroatoms. The van der Waals surface area contributed by atoms with Crippen molar-refractivity contribution in [1.82, 2.24) is 30.5 Å². The molecule has 3 aromatic carbocycles. The van der Waals surface area contributed by atoms with Crippen molar-refractivity contribution in [2.75, 3.05) is 39.2 Å². The number of rotatable bonds is 27. The van der Waals surface area contributed by atoms with Crippen molar-refractivity contribution < 1.29 is 28.6 Å². The van der Waals surface area contributed by atoms with Crippen LogP contribution in [0.25, 0.3) is 10.9 Å². The number of carbonyl (C=O) groups is 3. The van der Waals surface area contributed by atoms with Crippen molar-refractivity contribution in [2.45, 2.75) is 154 Å². The van der Waals surface area contributed by atoms with Crippen LogP contribution in [0, 0.1) is 12.8 Å². The van der Waals surface area contributed by atoms with Crippen molar-refractivity contribution in [3.63, 3.8) is 0 Å². The first kappa shape index (κ1) is 53.7. The second-order valence-corrected chi connectivity index (χ2v) is 21.1. The van der Waals surface area contributed by atoms with E-state index in [1.165, 1.54) is 49.9 Å². The van der Waals surface area contributed by atoms with Gasteiger partial charge in [-0.3, -0.25) is 14.4 Å². The van der Waals surface area contributed by atoms with Gasteiger partial charge in [0.1, 0.15) is 34.1 Å². The predicted octanol–water partition coefficient (Wildman–Crippen LogP) is 12.3. The van der Waals surface area contributed by atoms with Crippen LogP contribution in [0.4, 0.5) is 5.82 Å². The molecule has 1 aliphatic heterocycles. The Hall–Kier alpha value is -5.12. The molecule has 2 aliphatic rings. The Morgan fingerprint density at radius 3 is 2.21 bits per heavy atom. The van der Waals surface area contributed by atoms with E-state index in [-0.39, 0.29) is 35.6 Å². The Bertz CT molecular complexity index is 2530. The minimum absolute atomic E-state index is 0.0345. The first-order chi connectivity index (χ1) is 34.5. The molecule has 3 N–H and O–H groups in total. The fourth-order valence-corrected chi connectivity index (χ4v) is 11.2. The molecular weight excluding hydrogens is 979 g/mol. The van der Waals surface area contributed by atoms with E-state index in [9.17, 15) is 14.4 Å². The number of benzene rings is 3. The number of likely N-dealkylation sites (tertiary alicyclic amines) is 1. The summed E-state index contributed by atoms with van der Waals surface area (Å²) in [5.41, 5.74) is 2.89. The summed E-state index contributed by atoms with van der Waals surface area (Å²) in [6.07, 6.45) is 18.2. The molecule has 0 spiro atoms. The molecule has 1 saturated carbocycles. The number of carbonyl (C=O) groups excluding carboxylic acids is 3. The van der Waals surface area contributed by atoms with Crippen LogP contribution in [0.2, 0.25) is 0 Å². The average molecular weight is 1050 g/mol.